The maximum Gasteiger partial charge on any atom is 0.139 e. The number of carbonyl (C=O) groups excluding carboxylic acids is 1. The van der Waals surface area contributed by atoms with E-state index in [1.165, 1.54) is 0 Å². The van der Waals surface area contributed by atoms with E-state index in [-0.39, 0.29) is 57.9 Å². The Balaban J connectivity index is 1.56. The first-order chi connectivity index (χ1) is 16.2. The molecule has 0 amide bonds. The van der Waals surface area contributed by atoms with Gasteiger partial charge in [-0.15, -0.1) is 0 Å². The average molecular weight is 491 g/mol. The van der Waals surface area contributed by atoms with Gasteiger partial charge >= 0.3 is 0 Å². The Labute approximate surface area is 209 Å². The largest absolute Gasteiger partial charge is 0.396 e. The van der Waals surface area contributed by atoms with E-state index in [1.807, 2.05) is 13.8 Å². The Morgan fingerprint density at radius 1 is 0.943 bits per heavy atom. The molecule has 4 fully saturated rings. The number of aliphatic hydroxyl groups is 5. The smallest absolute Gasteiger partial charge is 0.139 e. The summed E-state index contributed by atoms with van der Waals surface area (Å²) in [6, 6.07) is 0. The second kappa shape index (κ2) is 7.63. The molecule has 6 heteroatoms. The first-order valence-electron chi connectivity index (χ1n) is 13.7. The van der Waals surface area contributed by atoms with Gasteiger partial charge in [0.2, 0.25) is 0 Å². The van der Waals surface area contributed by atoms with Crippen LogP contribution >= 0.6 is 0 Å². The van der Waals surface area contributed by atoms with E-state index in [9.17, 15) is 30.3 Å². The van der Waals surface area contributed by atoms with Crippen LogP contribution in [-0.4, -0.2) is 62.8 Å². The molecule has 198 valence electrons. The molecular formula is C29H46O6. The van der Waals surface area contributed by atoms with Crippen molar-refractivity contribution in [2.24, 2.45) is 44.3 Å². The van der Waals surface area contributed by atoms with Gasteiger partial charge in [0.1, 0.15) is 5.78 Å². The molecule has 6 nitrogen and oxygen atoms in total. The van der Waals surface area contributed by atoms with Gasteiger partial charge in [-0.1, -0.05) is 40.7 Å². The molecule has 9 unspecified atom stereocenters. The average Bonchev–Trinajstić information content (AvgIpc) is 3.03. The molecule has 5 N–H and O–H groups in total. The molecule has 5 aliphatic rings. The van der Waals surface area contributed by atoms with E-state index < -0.39 is 23.7 Å². The van der Waals surface area contributed by atoms with Crippen molar-refractivity contribution >= 4 is 5.78 Å². The van der Waals surface area contributed by atoms with Crippen molar-refractivity contribution in [1.29, 1.82) is 0 Å². The monoisotopic (exact) mass is 490 g/mol. The van der Waals surface area contributed by atoms with Gasteiger partial charge in [-0.2, -0.15) is 0 Å². The molecule has 0 saturated heterocycles. The van der Waals surface area contributed by atoms with Gasteiger partial charge in [0.05, 0.1) is 31.5 Å². The second-order valence-corrected chi connectivity index (χ2v) is 14.5. The number of Topliss-reactive ketones (excluding diaryl/α,β-unsaturated/α-hetero) is 1. The zero-order chi connectivity index (χ0) is 25.8. The lowest BCUT2D eigenvalue weighted by atomic mass is 9.34. The predicted octanol–water partition coefficient (Wildman–Crippen LogP) is 2.99. The van der Waals surface area contributed by atoms with E-state index in [0.717, 1.165) is 44.1 Å². The summed E-state index contributed by atoms with van der Waals surface area (Å²) in [5.74, 6) is 0.339. The van der Waals surface area contributed by atoms with Crippen molar-refractivity contribution in [3.05, 3.63) is 11.6 Å². The SMILES string of the molecule is CC1(C)CC2(CCC3(C)C(=CCC4C5(C)CC(O)C(O)C(CO)(CO)C5CCC43C)C2O)CC1=O. The summed E-state index contributed by atoms with van der Waals surface area (Å²) in [4.78, 5) is 12.8. The second-order valence-electron chi connectivity index (χ2n) is 14.5. The molecule has 1 spiro atoms. The number of rotatable bonds is 2. The summed E-state index contributed by atoms with van der Waals surface area (Å²) in [7, 11) is 0. The van der Waals surface area contributed by atoms with Crippen LogP contribution in [0.2, 0.25) is 0 Å². The Hall–Kier alpha value is -0.790. The molecule has 9 atom stereocenters. The Kier molecular flexibility index (Phi) is 5.63. The van der Waals surface area contributed by atoms with Crippen LogP contribution in [0.5, 0.6) is 0 Å². The fourth-order valence-corrected chi connectivity index (χ4v) is 10.5. The number of hydrogen-bond acceptors (Lipinski definition) is 6. The minimum absolute atomic E-state index is 0.104. The highest BCUT2D eigenvalue weighted by molar-refractivity contribution is 5.87. The summed E-state index contributed by atoms with van der Waals surface area (Å²) in [6.45, 7) is 10.1. The molecule has 35 heavy (non-hydrogen) atoms. The third-order valence-corrected chi connectivity index (χ3v) is 12.7. The van der Waals surface area contributed by atoms with Gasteiger partial charge in [0.25, 0.3) is 0 Å². The molecular weight excluding hydrogens is 444 g/mol. The topological polar surface area (TPSA) is 118 Å². The first kappa shape index (κ1) is 25.8. The number of carbonyl (C=O) groups is 1. The molecule has 0 bridgehead atoms. The van der Waals surface area contributed by atoms with Crippen molar-refractivity contribution in [2.45, 2.75) is 104 Å². The Morgan fingerprint density at radius 3 is 2.17 bits per heavy atom. The fourth-order valence-electron chi connectivity index (χ4n) is 10.5. The van der Waals surface area contributed by atoms with E-state index in [0.29, 0.717) is 12.8 Å². The maximum absolute atomic E-state index is 12.8. The Morgan fingerprint density at radius 2 is 1.60 bits per heavy atom. The number of allylic oxidation sites excluding steroid dienone is 1. The highest BCUT2D eigenvalue weighted by atomic mass is 16.3. The van der Waals surface area contributed by atoms with E-state index >= 15 is 0 Å². The number of fused-ring (bicyclic) bond motifs is 5. The summed E-state index contributed by atoms with van der Waals surface area (Å²) >= 11 is 0. The van der Waals surface area contributed by atoms with Crippen LogP contribution in [0.25, 0.3) is 0 Å². The van der Waals surface area contributed by atoms with Crippen LogP contribution in [0.15, 0.2) is 11.6 Å². The number of hydrogen-bond donors (Lipinski definition) is 5. The maximum atomic E-state index is 12.8. The van der Waals surface area contributed by atoms with Crippen LogP contribution in [0.1, 0.15) is 86.0 Å². The van der Waals surface area contributed by atoms with Gasteiger partial charge in [-0.3, -0.25) is 4.79 Å². The van der Waals surface area contributed by atoms with E-state index in [1.54, 1.807) is 0 Å². The van der Waals surface area contributed by atoms with E-state index in [2.05, 4.69) is 26.8 Å². The molecule has 0 radical (unpaired) electrons. The highest BCUT2D eigenvalue weighted by Gasteiger charge is 2.70. The van der Waals surface area contributed by atoms with Gasteiger partial charge in [-0.05, 0) is 78.6 Å². The zero-order valence-electron chi connectivity index (χ0n) is 22.2. The molecule has 5 aliphatic carbocycles. The van der Waals surface area contributed by atoms with Crippen molar-refractivity contribution in [2.75, 3.05) is 13.2 Å². The lowest BCUT2D eigenvalue weighted by Gasteiger charge is -2.71. The van der Waals surface area contributed by atoms with Gasteiger partial charge in [0, 0.05) is 22.7 Å². The van der Waals surface area contributed by atoms with Gasteiger partial charge in [0.15, 0.2) is 0 Å². The lowest BCUT2D eigenvalue weighted by molar-refractivity contribution is -0.256. The van der Waals surface area contributed by atoms with Crippen molar-refractivity contribution in [3.8, 4) is 0 Å². The molecule has 0 heterocycles. The third-order valence-electron chi connectivity index (χ3n) is 12.7. The van der Waals surface area contributed by atoms with Crippen molar-refractivity contribution in [3.63, 3.8) is 0 Å². The molecule has 0 aromatic carbocycles. The van der Waals surface area contributed by atoms with Crippen LogP contribution in [0, 0.1) is 44.3 Å². The highest BCUT2D eigenvalue weighted by Crippen LogP contribution is 2.74. The van der Waals surface area contributed by atoms with E-state index in [4.69, 9.17) is 0 Å². The normalized spacial score (nSPS) is 52.5. The molecule has 0 aliphatic heterocycles. The van der Waals surface area contributed by atoms with Crippen LogP contribution in [0.4, 0.5) is 0 Å². The van der Waals surface area contributed by atoms with Crippen molar-refractivity contribution in [1.82, 2.24) is 0 Å². The number of aliphatic hydroxyl groups excluding tert-OH is 5. The molecule has 4 saturated carbocycles. The Bertz CT molecular complexity index is 937. The molecule has 0 aromatic heterocycles. The van der Waals surface area contributed by atoms with Gasteiger partial charge < -0.3 is 25.5 Å². The predicted molar refractivity (Wildman–Crippen MR) is 132 cm³/mol. The minimum atomic E-state index is -1.15. The number of ketones is 1. The summed E-state index contributed by atoms with van der Waals surface area (Å²) < 4.78 is 0. The standard InChI is InChI=1S/C29H46O6/c1-24(2)14-28(13-21(24)33)11-10-26(4)17(22(28)34)6-7-19-25(3)12-18(32)23(35)29(15-30,16-31)20(25)8-9-27(19,26)5/h6,18-20,22-23,30-32,34-35H,7-16H2,1-5H3. The minimum Gasteiger partial charge on any atom is -0.396 e. The van der Waals surface area contributed by atoms with Crippen LogP contribution in [-0.2, 0) is 4.79 Å². The summed E-state index contributed by atoms with van der Waals surface area (Å²) in [5.41, 5.74) is -1.52. The van der Waals surface area contributed by atoms with Crippen LogP contribution in [0.3, 0.4) is 0 Å². The van der Waals surface area contributed by atoms with Crippen molar-refractivity contribution < 1.29 is 30.3 Å². The zero-order valence-corrected chi connectivity index (χ0v) is 22.2. The third kappa shape index (κ3) is 2.98. The quantitative estimate of drug-likeness (QED) is 0.380. The fraction of sp³-hybridized carbons (Fsp3) is 0.897. The van der Waals surface area contributed by atoms with Crippen LogP contribution < -0.4 is 0 Å². The summed E-state index contributed by atoms with van der Waals surface area (Å²) in [6.07, 6.45) is 5.23. The van der Waals surface area contributed by atoms with Gasteiger partial charge in [-0.25, -0.2) is 0 Å². The summed E-state index contributed by atoms with van der Waals surface area (Å²) in [5, 5.41) is 54.5. The molecule has 5 rings (SSSR count). The lowest BCUT2D eigenvalue weighted by Crippen LogP contribution is -2.69. The first-order valence-corrected chi connectivity index (χ1v) is 13.7. The molecule has 0 aromatic rings.